The number of benzene rings is 1. The second kappa shape index (κ2) is 9.95. The fraction of sp³-hybridized carbons (Fsp3) is 0.667. The maximum atomic E-state index is 12.3. The van der Waals surface area contributed by atoms with E-state index in [4.69, 9.17) is 14.6 Å². The summed E-state index contributed by atoms with van der Waals surface area (Å²) >= 11 is 0. The zero-order valence-electron chi connectivity index (χ0n) is 17.2. The van der Waals surface area contributed by atoms with E-state index in [0.29, 0.717) is 13.2 Å². The van der Waals surface area contributed by atoms with Gasteiger partial charge in [0.25, 0.3) is 0 Å². The summed E-state index contributed by atoms with van der Waals surface area (Å²) in [5, 5.41) is 9.01. The maximum Gasteiger partial charge on any atom is 0.414 e. The van der Waals surface area contributed by atoms with Crippen molar-refractivity contribution in [3.63, 3.8) is 0 Å². The smallest absolute Gasteiger partial charge is 0.414 e. The van der Waals surface area contributed by atoms with E-state index in [1.165, 1.54) is 0 Å². The van der Waals surface area contributed by atoms with Crippen molar-refractivity contribution >= 4 is 11.8 Å². The Balaban J connectivity index is 1.80. The number of aliphatic hydroxyl groups is 1. The van der Waals surface area contributed by atoms with Crippen LogP contribution in [0.5, 0.6) is 5.75 Å². The molecule has 6 heteroatoms. The number of nitrogens with zero attached hydrogens (tertiary/aromatic N) is 2. The van der Waals surface area contributed by atoms with Crippen molar-refractivity contribution in [2.45, 2.75) is 52.6 Å². The van der Waals surface area contributed by atoms with Crippen molar-refractivity contribution in [1.29, 1.82) is 0 Å². The molecule has 0 radical (unpaired) electrons. The van der Waals surface area contributed by atoms with Gasteiger partial charge in [-0.3, -0.25) is 4.90 Å². The first-order chi connectivity index (χ1) is 12.8. The first-order valence-electron chi connectivity index (χ1n) is 9.93. The second-order valence-electron chi connectivity index (χ2n) is 7.89. The number of hydrogen-bond donors (Lipinski definition) is 1. The lowest BCUT2D eigenvalue weighted by Gasteiger charge is -2.24. The lowest BCUT2D eigenvalue weighted by atomic mass is 10.1. The molecule has 1 aliphatic heterocycles. The zero-order chi connectivity index (χ0) is 19.9. The van der Waals surface area contributed by atoms with E-state index in [1.54, 1.807) is 4.90 Å². The standard InChI is InChI=1S/C21H34N2O4/c1-5-22(13-14-24)11-6-7-15-26-18-8-9-19-17(16-18)10-12-23(19)20(25)27-21(2,3)4/h8-9,16,24H,5-7,10-15H2,1-4H3. The van der Waals surface area contributed by atoms with E-state index >= 15 is 0 Å². The highest BCUT2D eigenvalue weighted by Crippen LogP contribution is 2.32. The van der Waals surface area contributed by atoms with Crippen LogP contribution in [-0.4, -0.2) is 61.1 Å². The summed E-state index contributed by atoms with van der Waals surface area (Å²) in [5.41, 5.74) is 1.55. The summed E-state index contributed by atoms with van der Waals surface area (Å²) in [6.07, 6.45) is 2.55. The Morgan fingerprint density at radius 1 is 1.26 bits per heavy atom. The van der Waals surface area contributed by atoms with Gasteiger partial charge in [0.2, 0.25) is 0 Å². The van der Waals surface area contributed by atoms with Crippen LogP contribution in [0, 0.1) is 0 Å². The molecule has 27 heavy (non-hydrogen) atoms. The van der Waals surface area contributed by atoms with Crippen molar-refractivity contribution in [3.05, 3.63) is 23.8 Å². The molecule has 0 atom stereocenters. The number of fused-ring (bicyclic) bond motifs is 1. The molecule has 2 rings (SSSR count). The van der Waals surface area contributed by atoms with E-state index in [9.17, 15) is 4.79 Å². The van der Waals surface area contributed by atoms with Gasteiger partial charge in [-0.15, -0.1) is 0 Å². The fourth-order valence-electron chi connectivity index (χ4n) is 3.17. The number of amides is 1. The Bertz CT molecular complexity index is 613. The quantitative estimate of drug-likeness (QED) is 0.667. The summed E-state index contributed by atoms with van der Waals surface area (Å²) < 4.78 is 11.4. The van der Waals surface area contributed by atoms with Crippen LogP contribution in [0.4, 0.5) is 10.5 Å². The Kier molecular flexibility index (Phi) is 7.92. The number of aliphatic hydroxyl groups excluding tert-OH is 1. The van der Waals surface area contributed by atoms with Crippen molar-refractivity contribution in [2.24, 2.45) is 0 Å². The Hall–Kier alpha value is -1.79. The van der Waals surface area contributed by atoms with Crippen LogP contribution in [0.25, 0.3) is 0 Å². The van der Waals surface area contributed by atoms with E-state index in [1.807, 2.05) is 39.0 Å². The molecule has 0 saturated heterocycles. The van der Waals surface area contributed by atoms with Gasteiger partial charge < -0.3 is 19.5 Å². The second-order valence-corrected chi connectivity index (χ2v) is 7.89. The molecular formula is C21H34N2O4. The highest BCUT2D eigenvalue weighted by molar-refractivity contribution is 5.90. The van der Waals surface area contributed by atoms with Gasteiger partial charge in [0.05, 0.1) is 18.9 Å². The molecule has 0 bridgehead atoms. The van der Waals surface area contributed by atoms with Gasteiger partial charge in [-0.2, -0.15) is 0 Å². The van der Waals surface area contributed by atoms with E-state index in [0.717, 1.165) is 55.9 Å². The largest absolute Gasteiger partial charge is 0.494 e. The molecule has 1 aromatic carbocycles. The number of ether oxygens (including phenoxy) is 2. The zero-order valence-corrected chi connectivity index (χ0v) is 17.2. The minimum Gasteiger partial charge on any atom is -0.494 e. The van der Waals surface area contributed by atoms with Crippen molar-refractivity contribution in [3.8, 4) is 5.75 Å². The van der Waals surface area contributed by atoms with Crippen LogP contribution in [0.3, 0.4) is 0 Å². The lowest BCUT2D eigenvalue weighted by Crippen LogP contribution is -2.35. The Labute approximate surface area is 163 Å². The summed E-state index contributed by atoms with van der Waals surface area (Å²) in [5.74, 6) is 0.850. The van der Waals surface area contributed by atoms with Crippen molar-refractivity contribution in [2.75, 3.05) is 44.3 Å². The summed E-state index contributed by atoms with van der Waals surface area (Å²) in [4.78, 5) is 16.3. The molecule has 0 spiro atoms. The molecule has 0 saturated carbocycles. The number of anilines is 1. The third-order valence-electron chi connectivity index (χ3n) is 4.56. The van der Waals surface area contributed by atoms with Crippen LogP contribution >= 0.6 is 0 Å². The number of carbonyl (C=O) groups excluding carboxylic acids is 1. The van der Waals surface area contributed by atoms with Gasteiger partial charge in [-0.05, 0) is 76.9 Å². The maximum absolute atomic E-state index is 12.3. The minimum absolute atomic E-state index is 0.208. The van der Waals surface area contributed by atoms with Crippen LogP contribution in [0.1, 0.15) is 46.1 Å². The first kappa shape index (κ1) is 21.5. The third-order valence-corrected chi connectivity index (χ3v) is 4.56. The average molecular weight is 379 g/mol. The average Bonchev–Trinajstić information content (AvgIpc) is 3.02. The topological polar surface area (TPSA) is 62.2 Å². The molecule has 0 aliphatic carbocycles. The van der Waals surface area contributed by atoms with Crippen LogP contribution in [0.15, 0.2) is 18.2 Å². The normalized spacial score (nSPS) is 13.8. The van der Waals surface area contributed by atoms with Gasteiger partial charge in [-0.1, -0.05) is 6.92 Å². The predicted octanol–water partition coefficient (Wildman–Crippen LogP) is 3.46. The van der Waals surface area contributed by atoms with Crippen molar-refractivity contribution in [1.82, 2.24) is 4.90 Å². The van der Waals surface area contributed by atoms with Gasteiger partial charge in [0.1, 0.15) is 11.4 Å². The monoisotopic (exact) mass is 378 g/mol. The highest BCUT2D eigenvalue weighted by atomic mass is 16.6. The molecule has 6 nitrogen and oxygen atoms in total. The first-order valence-corrected chi connectivity index (χ1v) is 9.93. The summed E-state index contributed by atoms with van der Waals surface area (Å²) in [6.45, 7) is 11.9. The third kappa shape index (κ3) is 6.70. The van der Waals surface area contributed by atoms with Crippen LogP contribution < -0.4 is 9.64 Å². The molecule has 1 aromatic rings. The Morgan fingerprint density at radius 3 is 2.70 bits per heavy atom. The molecule has 0 unspecified atom stereocenters. The van der Waals surface area contributed by atoms with Gasteiger partial charge in [-0.25, -0.2) is 4.79 Å². The molecule has 1 N–H and O–H groups in total. The number of unbranched alkanes of at least 4 members (excludes halogenated alkanes) is 1. The summed E-state index contributed by atoms with van der Waals surface area (Å²) in [7, 11) is 0. The molecule has 0 fully saturated rings. The number of rotatable bonds is 9. The highest BCUT2D eigenvalue weighted by Gasteiger charge is 2.29. The van der Waals surface area contributed by atoms with Crippen molar-refractivity contribution < 1.29 is 19.4 Å². The lowest BCUT2D eigenvalue weighted by molar-refractivity contribution is 0.0584. The molecule has 0 aromatic heterocycles. The van der Waals surface area contributed by atoms with Crippen LogP contribution in [0.2, 0.25) is 0 Å². The molecule has 152 valence electrons. The van der Waals surface area contributed by atoms with E-state index < -0.39 is 5.60 Å². The summed E-state index contributed by atoms with van der Waals surface area (Å²) in [6, 6.07) is 5.90. The van der Waals surface area contributed by atoms with Gasteiger partial charge >= 0.3 is 6.09 Å². The molecule has 1 heterocycles. The predicted molar refractivity (Wildman–Crippen MR) is 108 cm³/mol. The SMILES string of the molecule is CCN(CCO)CCCCOc1ccc2c(c1)CCN2C(=O)OC(C)(C)C. The minimum atomic E-state index is -0.493. The van der Waals surface area contributed by atoms with Crippen LogP contribution in [-0.2, 0) is 11.2 Å². The number of hydrogen-bond acceptors (Lipinski definition) is 5. The van der Waals surface area contributed by atoms with Gasteiger partial charge in [0.15, 0.2) is 0 Å². The fourth-order valence-corrected chi connectivity index (χ4v) is 3.17. The van der Waals surface area contributed by atoms with E-state index in [2.05, 4.69) is 11.8 Å². The van der Waals surface area contributed by atoms with E-state index in [-0.39, 0.29) is 12.7 Å². The van der Waals surface area contributed by atoms with Gasteiger partial charge in [0, 0.05) is 13.1 Å². The number of carbonyl (C=O) groups is 1. The molecule has 1 amide bonds. The number of likely N-dealkylation sites (N-methyl/N-ethyl adjacent to an activating group) is 1. The Morgan fingerprint density at radius 2 is 2.04 bits per heavy atom. The molecule has 1 aliphatic rings. The molecular weight excluding hydrogens is 344 g/mol.